The summed E-state index contributed by atoms with van der Waals surface area (Å²) in [4.78, 5) is 12.4. The van der Waals surface area contributed by atoms with Crippen LogP contribution < -0.4 is 5.73 Å². The highest BCUT2D eigenvalue weighted by Gasteiger charge is 2.73. The van der Waals surface area contributed by atoms with Crippen LogP contribution in [0.3, 0.4) is 0 Å². The van der Waals surface area contributed by atoms with Crippen molar-refractivity contribution in [1.29, 1.82) is 0 Å². The number of primary amides is 1. The summed E-state index contributed by atoms with van der Waals surface area (Å²) in [6.07, 6.45) is 5.22. The molecule has 5 unspecified atom stereocenters. The predicted octanol–water partition coefficient (Wildman–Crippen LogP) is 3.86. The van der Waals surface area contributed by atoms with Crippen LogP contribution in [0, 0.1) is 22.7 Å². The Labute approximate surface area is 137 Å². The van der Waals surface area contributed by atoms with Gasteiger partial charge in [-0.1, -0.05) is 37.3 Å². The lowest BCUT2D eigenvalue weighted by Gasteiger charge is -2.47. The molecule has 4 fully saturated rings. The fourth-order valence-corrected chi connectivity index (χ4v) is 6.83. The number of amides is 1. The topological polar surface area (TPSA) is 43.1 Å². The number of alkyl halides is 1. The van der Waals surface area contributed by atoms with E-state index in [4.69, 9.17) is 17.3 Å². The standard InChI is InChI=1S/C19H24ClNO/c1-17(7-8-20)14-9-18(13-5-3-2-4-6-13)11-15(17)19(10-14,12-18)16(21)22/h2-6,14-15H,7-12H2,1H3,(H2,21,22). The summed E-state index contributed by atoms with van der Waals surface area (Å²) < 4.78 is 0. The zero-order valence-corrected chi connectivity index (χ0v) is 13.9. The molecular weight excluding hydrogens is 294 g/mol. The van der Waals surface area contributed by atoms with Crippen molar-refractivity contribution in [1.82, 2.24) is 0 Å². The Morgan fingerprint density at radius 1 is 1.27 bits per heavy atom. The molecule has 0 saturated heterocycles. The number of hydrogen-bond donors (Lipinski definition) is 1. The molecule has 1 aromatic carbocycles. The molecular formula is C19H24ClNO. The van der Waals surface area contributed by atoms with Crippen molar-refractivity contribution in [2.24, 2.45) is 28.4 Å². The number of carbonyl (C=O) groups excluding carboxylic acids is 1. The van der Waals surface area contributed by atoms with Gasteiger partial charge in [-0.15, -0.1) is 11.6 Å². The maximum Gasteiger partial charge on any atom is 0.223 e. The molecule has 0 spiro atoms. The van der Waals surface area contributed by atoms with Crippen LogP contribution in [0.5, 0.6) is 0 Å². The first-order valence-corrected chi connectivity index (χ1v) is 8.92. The van der Waals surface area contributed by atoms with Crippen LogP contribution >= 0.6 is 11.6 Å². The van der Waals surface area contributed by atoms with E-state index >= 15 is 0 Å². The van der Waals surface area contributed by atoms with Gasteiger partial charge in [-0.25, -0.2) is 0 Å². The smallest absolute Gasteiger partial charge is 0.223 e. The lowest BCUT2D eigenvalue weighted by atomic mass is 9.57. The van der Waals surface area contributed by atoms with E-state index in [0.29, 0.717) is 17.7 Å². The maximum atomic E-state index is 12.4. The van der Waals surface area contributed by atoms with Gasteiger partial charge in [0, 0.05) is 5.88 Å². The molecule has 1 aromatic rings. The minimum Gasteiger partial charge on any atom is -0.369 e. The van der Waals surface area contributed by atoms with Crippen LogP contribution in [0.15, 0.2) is 30.3 Å². The number of hydrogen-bond acceptors (Lipinski definition) is 1. The number of nitrogens with two attached hydrogens (primary N) is 1. The summed E-state index contributed by atoms with van der Waals surface area (Å²) in [6.45, 7) is 2.36. The van der Waals surface area contributed by atoms with E-state index in [2.05, 4.69) is 37.3 Å². The molecule has 4 aliphatic carbocycles. The van der Waals surface area contributed by atoms with E-state index in [1.165, 1.54) is 12.0 Å². The van der Waals surface area contributed by atoms with E-state index in [-0.39, 0.29) is 22.2 Å². The summed E-state index contributed by atoms with van der Waals surface area (Å²) in [7, 11) is 0. The molecule has 0 aromatic heterocycles. The fraction of sp³-hybridized carbons (Fsp3) is 0.632. The first kappa shape index (κ1) is 14.6. The van der Waals surface area contributed by atoms with Crippen molar-refractivity contribution >= 4 is 17.5 Å². The average Bonchev–Trinajstić information content (AvgIpc) is 2.86. The van der Waals surface area contributed by atoms with Crippen LogP contribution in [-0.4, -0.2) is 11.8 Å². The molecule has 0 radical (unpaired) electrons. The molecule has 0 heterocycles. The van der Waals surface area contributed by atoms with Crippen molar-refractivity contribution < 1.29 is 4.79 Å². The molecule has 4 aliphatic rings. The highest BCUT2D eigenvalue weighted by Crippen LogP contribution is 2.77. The Morgan fingerprint density at radius 3 is 2.64 bits per heavy atom. The van der Waals surface area contributed by atoms with Crippen LogP contribution in [0.2, 0.25) is 0 Å². The molecule has 2 nitrogen and oxygen atoms in total. The Balaban J connectivity index is 1.81. The van der Waals surface area contributed by atoms with Crippen molar-refractivity contribution in [2.45, 2.75) is 44.4 Å². The molecule has 22 heavy (non-hydrogen) atoms. The van der Waals surface area contributed by atoms with Crippen LogP contribution in [0.4, 0.5) is 0 Å². The molecule has 5 rings (SSSR count). The van der Waals surface area contributed by atoms with E-state index < -0.39 is 0 Å². The zero-order chi connectivity index (χ0) is 15.6. The minimum absolute atomic E-state index is 0.0710. The zero-order valence-electron chi connectivity index (χ0n) is 13.1. The summed E-state index contributed by atoms with van der Waals surface area (Å²) in [5.74, 6) is 1.58. The molecule has 5 atom stereocenters. The third-order valence-corrected chi connectivity index (χ3v) is 7.59. The minimum atomic E-state index is -0.292. The van der Waals surface area contributed by atoms with Gasteiger partial charge in [0.25, 0.3) is 0 Å². The first-order chi connectivity index (χ1) is 10.5. The maximum absolute atomic E-state index is 12.4. The largest absolute Gasteiger partial charge is 0.369 e. The third-order valence-electron chi connectivity index (χ3n) is 7.40. The molecule has 3 heteroatoms. The predicted molar refractivity (Wildman–Crippen MR) is 88.6 cm³/mol. The lowest BCUT2D eigenvalue weighted by Crippen LogP contribution is -2.41. The normalized spacial score (nSPS) is 45.4. The van der Waals surface area contributed by atoms with Crippen LogP contribution in [-0.2, 0) is 10.2 Å². The molecule has 4 saturated carbocycles. The van der Waals surface area contributed by atoms with E-state index in [9.17, 15) is 4.79 Å². The van der Waals surface area contributed by atoms with E-state index in [1.54, 1.807) is 0 Å². The summed E-state index contributed by atoms with van der Waals surface area (Å²) in [5.41, 5.74) is 7.40. The van der Waals surface area contributed by atoms with Gasteiger partial charge in [0.15, 0.2) is 0 Å². The van der Waals surface area contributed by atoms with Gasteiger partial charge in [0.1, 0.15) is 0 Å². The Hall–Kier alpha value is -1.02. The second kappa shape index (κ2) is 4.50. The van der Waals surface area contributed by atoms with E-state index in [1.807, 2.05) is 0 Å². The van der Waals surface area contributed by atoms with E-state index in [0.717, 1.165) is 25.7 Å². The molecule has 118 valence electrons. The number of rotatable bonds is 4. The van der Waals surface area contributed by atoms with Gasteiger partial charge in [0.05, 0.1) is 5.41 Å². The van der Waals surface area contributed by atoms with Gasteiger partial charge in [-0.2, -0.15) is 0 Å². The van der Waals surface area contributed by atoms with Crippen molar-refractivity contribution in [3.63, 3.8) is 0 Å². The quantitative estimate of drug-likeness (QED) is 0.842. The van der Waals surface area contributed by atoms with Gasteiger partial charge in [0.2, 0.25) is 5.91 Å². The molecule has 4 bridgehead atoms. The van der Waals surface area contributed by atoms with Gasteiger partial charge >= 0.3 is 0 Å². The Morgan fingerprint density at radius 2 is 2.00 bits per heavy atom. The van der Waals surface area contributed by atoms with Gasteiger partial charge in [-0.3, -0.25) is 4.79 Å². The highest BCUT2D eigenvalue weighted by molar-refractivity contribution is 6.17. The molecule has 0 aliphatic heterocycles. The average molecular weight is 318 g/mol. The number of benzene rings is 1. The number of halogens is 1. The van der Waals surface area contributed by atoms with Crippen molar-refractivity contribution in [3.05, 3.63) is 35.9 Å². The molecule has 1 amide bonds. The SMILES string of the molecule is CC1(CCCl)C2CC3(c4ccccc4)CC1C(C(N)=O)(C2)C3. The van der Waals surface area contributed by atoms with Crippen LogP contribution in [0.25, 0.3) is 0 Å². The Kier molecular flexibility index (Phi) is 2.98. The van der Waals surface area contributed by atoms with Crippen molar-refractivity contribution in [3.8, 4) is 0 Å². The number of carbonyl (C=O) groups is 1. The second-order valence-corrected chi connectivity index (χ2v) is 8.53. The monoisotopic (exact) mass is 317 g/mol. The Bertz CT molecular complexity index is 617. The first-order valence-electron chi connectivity index (χ1n) is 8.38. The van der Waals surface area contributed by atoms with Gasteiger partial charge in [-0.05, 0) is 60.3 Å². The fourth-order valence-electron chi connectivity index (χ4n) is 6.42. The van der Waals surface area contributed by atoms with Crippen molar-refractivity contribution in [2.75, 3.05) is 5.88 Å². The molecule has 2 N–H and O–H groups in total. The van der Waals surface area contributed by atoms with Gasteiger partial charge < -0.3 is 5.73 Å². The highest BCUT2D eigenvalue weighted by atomic mass is 35.5. The second-order valence-electron chi connectivity index (χ2n) is 8.15. The summed E-state index contributed by atoms with van der Waals surface area (Å²) in [6, 6.07) is 10.8. The third kappa shape index (κ3) is 1.60. The summed E-state index contributed by atoms with van der Waals surface area (Å²) >= 11 is 6.10. The summed E-state index contributed by atoms with van der Waals surface area (Å²) in [5, 5.41) is 0. The van der Waals surface area contributed by atoms with Crippen LogP contribution in [0.1, 0.15) is 44.6 Å². The lowest BCUT2D eigenvalue weighted by molar-refractivity contribution is -0.130.